The Kier molecular flexibility index (Phi) is 4.72. The Morgan fingerprint density at radius 1 is 1.67 bits per heavy atom. The molecule has 2 N–H and O–H groups in total. The van der Waals surface area contributed by atoms with Crippen LogP contribution in [0.3, 0.4) is 0 Å². The molecule has 84 valence electrons. The predicted octanol–water partition coefficient (Wildman–Crippen LogP) is -0.788. The van der Waals surface area contributed by atoms with Crippen LogP contribution in [0, 0.1) is 0 Å². The van der Waals surface area contributed by atoms with Gasteiger partial charge in [-0.1, -0.05) is 5.21 Å². The van der Waals surface area contributed by atoms with Crippen molar-refractivity contribution in [3.8, 4) is 0 Å². The van der Waals surface area contributed by atoms with Crippen LogP contribution < -0.4 is 5.32 Å². The number of nitrogens with one attached hydrogen (secondary N) is 1. The minimum atomic E-state index is -1.06. The molecule has 1 aromatic rings. The van der Waals surface area contributed by atoms with Crippen molar-refractivity contribution in [2.75, 3.05) is 26.8 Å². The summed E-state index contributed by atoms with van der Waals surface area (Å²) in [6.07, 6.45) is 1.40. The average Bonchev–Trinajstić information content (AvgIpc) is 2.66. The van der Waals surface area contributed by atoms with E-state index in [1.54, 1.807) is 7.11 Å². The number of hydrogen-bond donors (Lipinski definition) is 2. The minimum Gasteiger partial charge on any atom is -0.476 e. The van der Waals surface area contributed by atoms with Crippen LogP contribution in [0.1, 0.15) is 10.5 Å². The van der Waals surface area contributed by atoms with Gasteiger partial charge in [-0.05, 0) is 0 Å². The van der Waals surface area contributed by atoms with Crippen molar-refractivity contribution in [2.24, 2.45) is 0 Å². The van der Waals surface area contributed by atoms with Crippen LogP contribution in [-0.4, -0.2) is 52.9 Å². The number of ether oxygens (including phenoxy) is 1. The third-order valence-corrected chi connectivity index (χ3v) is 1.76. The van der Waals surface area contributed by atoms with Gasteiger partial charge in [0.05, 0.1) is 19.3 Å². The molecule has 0 radical (unpaired) electrons. The van der Waals surface area contributed by atoms with Crippen LogP contribution in [-0.2, 0) is 11.3 Å². The fourth-order valence-electron chi connectivity index (χ4n) is 0.999. The maximum atomic E-state index is 10.5. The van der Waals surface area contributed by atoms with Gasteiger partial charge in [-0.3, -0.25) is 4.68 Å². The lowest BCUT2D eigenvalue weighted by Gasteiger charge is -2.02. The topological polar surface area (TPSA) is 89.3 Å². The van der Waals surface area contributed by atoms with Crippen molar-refractivity contribution in [1.82, 2.24) is 20.3 Å². The number of aromatic nitrogens is 3. The van der Waals surface area contributed by atoms with E-state index in [1.165, 1.54) is 10.9 Å². The molecule has 0 aliphatic rings. The van der Waals surface area contributed by atoms with E-state index in [1.807, 2.05) is 0 Å². The zero-order chi connectivity index (χ0) is 11.1. The summed E-state index contributed by atoms with van der Waals surface area (Å²) in [5.74, 6) is -1.06. The highest BCUT2D eigenvalue weighted by Crippen LogP contribution is 1.91. The van der Waals surface area contributed by atoms with Crippen molar-refractivity contribution in [3.05, 3.63) is 11.9 Å². The van der Waals surface area contributed by atoms with Crippen molar-refractivity contribution >= 4 is 5.97 Å². The number of carboxylic acids is 1. The SMILES string of the molecule is COCCNCCn1cc(C(=O)O)nn1. The van der Waals surface area contributed by atoms with Crippen molar-refractivity contribution in [3.63, 3.8) is 0 Å². The first-order chi connectivity index (χ1) is 7.24. The second-order valence-electron chi connectivity index (χ2n) is 2.91. The molecule has 0 aliphatic heterocycles. The van der Waals surface area contributed by atoms with Crippen LogP contribution in [0.5, 0.6) is 0 Å². The van der Waals surface area contributed by atoms with E-state index in [0.29, 0.717) is 19.7 Å². The van der Waals surface area contributed by atoms with Gasteiger partial charge in [0, 0.05) is 20.2 Å². The van der Waals surface area contributed by atoms with Gasteiger partial charge in [-0.25, -0.2) is 4.79 Å². The number of nitrogens with zero attached hydrogens (tertiary/aromatic N) is 3. The minimum absolute atomic E-state index is 0.0353. The van der Waals surface area contributed by atoms with Gasteiger partial charge < -0.3 is 15.2 Å². The molecule has 0 spiro atoms. The summed E-state index contributed by atoms with van der Waals surface area (Å²) in [5, 5.41) is 18.9. The van der Waals surface area contributed by atoms with E-state index in [9.17, 15) is 4.79 Å². The van der Waals surface area contributed by atoms with Crippen LogP contribution in [0.25, 0.3) is 0 Å². The van der Waals surface area contributed by atoms with E-state index in [4.69, 9.17) is 9.84 Å². The Bertz CT molecular complexity index is 313. The van der Waals surface area contributed by atoms with Gasteiger partial charge in [-0.2, -0.15) is 0 Å². The Balaban J connectivity index is 2.23. The van der Waals surface area contributed by atoms with Crippen molar-refractivity contribution in [1.29, 1.82) is 0 Å². The van der Waals surface area contributed by atoms with Crippen LogP contribution in [0.2, 0.25) is 0 Å². The summed E-state index contributed by atoms with van der Waals surface area (Å²) < 4.78 is 6.34. The molecule has 0 fully saturated rings. The third-order valence-electron chi connectivity index (χ3n) is 1.76. The molecule has 15 heavy (non-hydrogen) atoms. The van der Waals surface area contributed by atoms with E-state index in [2.05, 4.69) is 15.6 Å². The molecule has 0 saturated carbocycles. The highest BCUT2D eigenvalue weighted by atomic mass is 16.5. The molecule has 0 aliphatic carbocycles. The third kappa shape index (κ3) is 4.05. The maximum absolute atomic E-state index is 10.5. The summed E-state index contributed by atoms with van der Waals surface area (Å²) in [4.78, 5) is 10.5. The maximum Gasteiger partial charge on any atom is 0.358 e. The van der Waals surface area contributed by atoms with Gasteiger partial charge in [-0.15, -0.1) is 5.10 Å². The zero-order valence-electron chi connectivity index (χ0n) is 8.51. The molecule has 7 heteroatoms. The molecule has 0 atom stereocenters. The van der Waals surface area contributed by atoms with Gasteiger partial charge in [0.1, 0.15) is 0 Å². The first kappa shape index (κ1) is 11.6. The number of aromatic carboxylic acids is 1. The lowest BCUT2D eigenvalue weighted by atomic mass is 10.5. The number of methoxy groups -OCH3 is 1. The molecule has 1 aromatic heterocycles. The molecule has 1 heterocycles. The summed E-state index contributed by atoms with van der Waals surface area (Å²) in [6, 6.07) is 0. The fraction of sp³-hybridized carbons (Fsp3) is 0.625. The quantitative estimate of drug-likeness (QED) is 0.578. The summed E-state index contributed by atoms with van der Waals surface area (Å²) >= 11 is 0. The summed E-state index contributed by atoms with van der Waals surface area (Å²) in [5.41, 5.74) is -0.0353. The van der Waals surface area contributed by atoms with Gasteiger partial charge in [0.15, 0.2) is 5.69 Å². The van der Waals surface area contributed by atoms with Crippen LogP contribution in [0.4, 0.5) is 0 Å². The smallest absolute Gasteiger partial charge is 0.358 e. The highest BCUT2D eigenvalue weighted by molar-refractivity contribution is 5.84. The Labute approximate surface area is 87.0 Å². The summed E-state index contributed by atoms with van der Waals surface area (Å²) in [6.45, 7) is 2.70. The largest absolute Gasteiger partial charge is 0.476 e. The molecule has 0 amide bonds. The highest BCUT2D eigenvalue weighted by Gasteiger charge is 2.07. The lowest BCUT2D eigenvalue weighted by Crippen LogP contribution is -2.23. The molecule has 0 saturated heterocycles. The normalized spacial score (nSPS) is 10.5. The van der Waals surface area contributed by atoms with E-state index in [0.717, 1.165) is 6.54 Å². The Hall–Kier alpha value is -1.47. The van der Waals surface area contributed by atoms with Crippen molar-refractivity contribution in [2.45, 2.75) is 6.54 Å². The van der Waals surface area contributed by atoms with Crippen LogP contribution >= 0.6 is 0 Å². The molecule has 7 nitrogen and oxygen atoms in total. The number of rotatable bonds is 7. The lowest BCUT2D eigenvalue weighted by molar-refractivity contribution is 0.0690. The van der Waals surface area contributed by atoms with Crippen LogP contribution in [0.15, 0.2) is 6.20 Å². The van der Waals surface area contributed by atoms with Gasteiger partial charge >= 0.3 is 5.97 Å². The monoisotopic (exact) mass is 214 g/mol. The molecule has 0 bridgehead atoms. The van der Waals surface area contributed by atoms with E-state index >= 15 is 0 Å². The summed E-state index contributed by atoms with van der Waals surface area (Å²) in [7, 11) is 1.64. The van der Waals surface area contributed by atoms with E-state index < -0.39 is 5.97 Å². The molecule has 0 unspecified atom stereocenters. The number of hydrogen-bond acceptors (Lipinski definition) is 5. The molecule has 1 rings (SSSR count). The first-order valence-corrected chi connectivity index (χ1v) is 4.57. The fourth-order valence-corrected chi connectivity index (χ4v) is 0.999. The molecular weight excluding hydrogens is 200 g/mol. The second kappa shape index (κ2) is 6.10. The predicted molar refractivity (Wildman–Crippen MR) is 51.7 cm³/mol. The first-order valence-electron chi connectivity index (χ1n) is 4.57. The molecular formula is C8H14N4O3. The van der Waals surface area contributed by atoms with Crippen molar-refractivity contribution < 1.29 is 14.6 Å². The standard InChI is InChI=1S/C8H14N4O3/c1-15-5-3-9-2-4-12-6-7(8(13)14)10-11-12/h6,9H,2-5H2,1H3,(H,13,14). The van der Waals surface area contributed by atoms with Gasteiger partial charge in [0.2, 0.25) is 0 Å². The molecule has 0 aromatic carbocycles. The second-order valence-corrected chi connectivity index (χ2v) is 2.91. The van der Waals surface area contributed by atoms with E-state index in [-0.39, 0.29) is 5.69 Å². The number of carbonyl (C=O) groups is 1. The zero-order valence-corrected chi connectivity index (χ0v) is 8.51. The van der Waals surface area contributed by atoms with Gasteiger partial charge in [0.25, 0.3) is 0 Å². The Morgan fingerprint density at radius 2 is 2.47 bits per heavy atom. The Morgan fingerprint density at radius 3 is 3.07 bits per heavy atom. The number of carboxylic acid groups (broad SMARTS) is 1. The average molecular weight is 214 g/mol.